The molecule has 30 heavy (non-hydrogen) atoms. The maximum absolute atomic E-state index is 2.45. The van der Waals surface area contributed by atoms with Crippen LogP contribution in [0.3, 0.4) is 0 Å². The van der Waals surface area contributed by atoms with E-state index in [2.05, 4.69) is 72.8 Å². The van der Waals surface area contributed by atoms with Gasteiger partial charge in [-0.15, -0.1) is 0 Å². The van der Waals surface area contributed by atoms with Gasteiger partial charge in [0, 0.05) is 0 Å². The number of hydrogen-bond acceptors (Lipinski definition) is 0. The minimum atomic E-state index is 1.07. The molecular weight excluding hydrogens is 360 g/mol. The Morgan fingerprint density at radius 3 is 1.47 bits per heavy atom. The van der Waals surface area contributed by atoms with Gasteiger partial charge in [0.05, 0.1) is 0 Å². The molecule has 0 spiro atoms. The highest BCUT2D eigenvalue weighted by Crippen LogP contribution is 2.47. The molecule has 4 aliphatic rings. The zero-order valence-corrected chi connectivity index (χ0v) is 16.8. The Hall–Kier alpha value is -3.38. The first-order valence-corrected chi connectivity index (χ1v) is 11.1. The Bertz CT molecular complexity index is 1410. The van der Waals surface area contributed by atoms with Crippen LogP contribution < -0.4 is 0 Å². The van der Waals surface area contributed by atoms with E-state index in [1.54, 1.807) is 0 Å². The van der Waals surface area contributed by atoms with E-state index < -0.39 is 0 Å². The largest absolute Gasteiger partial charge is 0.0795 e. The lowest BCUT2D eigenvalue weighted by Gasteiger charge is -2.11. The highest BCUT2D eigenvalue weighted by Gasteiger charge is 2.27. The van der Waals surface area contributed by atoms with Crippen molar-refractivity contribution < 1.29 is 0 Å². The molecule has 4 aromatic rings. The van der Waals surface area contributed by atoms with Gasteiger partial charge in [-0.1, -0.05) is 60.7 Å². The van der Waals surface area contributed by atoms with Crippen molar-refractivity contribution in [1.29, 1.82) is 0 Å². The van der Waals surface area contributed by atoms with Gasteiger partial charge in [-0.25, -0.2) is 0 Å². The molecule has 0 bridgehead atoms. The fraction of sp³-hybridized carbons (Fsp3) is 0.133. The van der Waals surface area contributed by atoms with E-state index in [0.717, 1.165) is 25.7 Å². The molecule has 4 aliphatic carbocycles. The van der Waals surface area contributed by atoms with Crippen LogP contribution in [0, 0.1) is 0 Å². The van der Waals surface area contributed by atoms with Gasteiger partial charge >= 0.3 is 0 Å². The first-order valence-electron chi connectivity index (χ1n) is 11.1. The van der Waals surface area contributed by atoms with Gasteiger partial charge < -0.3 is 0 Å². The molecule has 0 aliphatic heterocycles. The topological polar surface area (TPSA) is 0 Å². The molecule has 0 radical (unpaired) electrons. The molecule has 8 rings (SSSR count). The summed E-state index contributed by atoms with van der Waals surface area (Å²) in [5, 5.41) is 2.91. The molecule has 0 atom stereocenters. The monoisotopic (exact) mass is 380 g/mol. The van der Waals surface area contributed by atoms with Crippen LogP contribution in [0.1, 0.15) is 44.5 Å². The molecular formula is C30H20. The minimum absolute atomic E-state index is 1.07. The summed E-state index contributed by atoms with van der Waals surface area (Å²) in [7, 11) is 0. The van der Waals surface area contributed by atoms with Crippen molar-refractivity contribution >= 4 is 22.9 Å². The summed E-state index contributed by atoms with van der Waals surface area (Å²) >= 11 is 0. The molecule has 0 heteroatoms. The molecule has 0 N–H and O–H groups in total. The predicted octanol–water partition coefficient (Wildman–Crippen LogP) is 7.12. The van der Waals surface area contributed by atoms with Gasteiger partial charge in [-0.05, 0) is 115 Å². The lowest BCUT2D eigenvalue weighted by molar-refractivity contribution is 1.23. The molecule has 0 unspecified atom stereocenters. The zero-order valence-electron chi connectivity index (χ0n) is 16.8. The predicted molar refractivity (Wildman–Crippen MR) is 126 cm³/mol. The molecule has 0 fully saturated rings. The SMILES string of the molecule is C1=Cc2cc3c(cc2C1)Cc1c-3ccc2c3c(ccc12)-c1cc2c(cc1C3)CC=C2. The summed E-state index contributed by atoms with van der Waals surface area (Å²) in [5.74, 6) is 0. The Balaban J connectivity index is 1.33. The summed E-state index contributed by atoms with van der Waals surface area (Å²) in [4.78, 5) is 0. The van der Waals surface area contributed by atoms with Gasteiger partial charge in [0.1, 0.15) is 0 Å². The molecule has 0 saturated carbocycles. The van der Waals surface area contributed by atoms with E-state index >= 15 is 0 Å². The van der Waals surface area contributed by atoms with Gasteiger partial charge in [0.25, 0.3) is 0 Å². The summed E-state index contributed by atoms with van der Waals surface area (Å²) in [6, 6.07) is 19.3. The van der Waals surface area contributed by atoms with Crippen LogP contribution >= 0.6 is 0 Å². The second-order valence-electron chi connectivity index (χ2n) is 9.26. The van der Waals surface area contributed by atoms with Gasteiger partial charge in [0.15, 0.2) is 0 Å². The quantitative estimate of drug-likeness (QED) is 0.263. The number of rotatable bonds is 0. The lowest BCUT2D eigenvalue weighted by Crippen LogP contribution is -1.89. The van der Waals surface area contributed by atoms with Crippen LogP contribution in [-0.4, -0.2) is 0 Å². The van der Waals surface area contributed by atoms with Gasteiger partial charge in [0.2, 0.25) is 0 Å². The standard InChI is InChI=1S/C30H20/c1-3-17-11-21-15-29-23-8-10-26-28-14-20-6-2-4-18(20)12-22(28)16-30(26)24(23)7-9-25(29)27(21)13-19(17)5-1/h1-2,5-14H,3-4,15-16H2. The van der Waals surface area contributed by atoms with Crippen molar-refractivity contribution in [3.63, 3.8) is 0 Å². The Morgan fingerprint density at radius 2 is 0.967 bits per heavy atom. The number of allylic oxidation sites excluding steroid dienone is 2. The Kier molecular flexibility index (Phi) is 2.68. The second kappa shape index (κ2) is 5.21. The average Bonchev–Trinajstić information content (AvgIpc) is 3.53. The summed E-state index contributed by atoms with van der Waals surface area (Å²) in [5.41, 5.74) is 17.7. The van der Waals surface area contributed by atoms with Crippen LogP contribution in [-0.2, 0) is 25.7 Å². The average molecular weight is 380 g/mol. The molecule has 140 valence electrons. The van der Waals surface area contributed by atoms with Crippen LogP contribution in [0.4, 0.5) is 0 Å². The van der Waals surface area contributed by atoms with Crippen molar-refractivity contribution in [3.05, 3.63) is 105 Å². The summed E-state index contributed by atoms with van der Waals surface area (Å²) in [6.07, 6.45) is 13.5. The third-order valence-corrected chi connectivity index (χ3v) is 7.74. The van der Waals surface area contributed by atoms with Gasteiger partial charge in [-0.3, -0.25) is 0 Å². The second-order valence-corrected chi connectivity index (χ2v) is 9.26. The van der Waals surface area contributed by atoms with E-state index in [-0.39, 0.29) is 0 Å². The first kappa shape index (κ1) is 15.5. The smallest absolute Gasteiger partial charge is 0.000717 e. The first-order chi connectivity index (χ1) is 14.8. The molecule has 0 heterocycles. The fourth-order valence-electron chi connectivity index (χ4n) is 6.31. The van der Waals surface area contributed by atoms with E-state index in [1.165, 1.54) is 77.5 Å². The van der Waals surface area contributed by atoms with Gasteiger partial charge in [-0.2, -0.15) is 0 Å². The van der Waals surface area contributed by atoms with E-state index in [4.69, 9.17) is 0 Å². The van der Waals surface area contributed by atoms with Crippen LogP contribution in [0.25, 0.3) is 45.2 Å². The van der Waals surface area contributed by atoms with Crippen molar-refractivity contribution in [1.82, 2.24) is 0 Å². The number of hydrogen-bond donors (Lipinski definition) is 0. The van der Waals surface area contributed by atoms with Crippen LogP contribution in [0.15, 0.2) is 60.7 Å². The lowest BCUT2D eigenvalue weighted by atomic mass is 9.93. The third kappa shape index (κ3) is 1.83. The van der Waals surface area contributed by atoms with Crippen molar-refractivity contribution in [2.45, 2.75) is 25.7 Å². The van der Waals surface area contributed by atoms with Crippen molar-refractivity contribution in [2.75, 3.05) is 0 Å². The summed E-state index contributed by atoms with van der Waals surface area (Å²) in [6.45, 7) is 0. The molecule has 0 aromatic heterocycles. The third-order valence-electron chi connectivity index (χ3n) is 7.74. The highest BCUT2D eigenvalue weighted by atomic mass is 14.3. The normalized spacial score (nSPS) is 15.9. The van der Waals surface area contributed by atoms with Crippen molar-refractivity contribution in [3.8, 4) is 22.3 Å². The molecule has 0 saturated heterocycles. The van der Waals surface area contributed by atoms with Crippen LogP contribution in [0.2, 0.25) is 0 Å². The number of fused-ring (bicyclic) bond motifs is 11. The van der Waals surface area contributed by atoms with E-state index in [0.29, 0.717) is 0 Å². The fourth-order valence-corrected chi connectivity index (χ4v) is 6.31. The zero-order chi connectivity index (χ0) is 19.4. The minimum Gasteiger partial charge on any atom is -0.0795 e. The molecule has 0 nitrogen and oxygen atoms in total. The van der Waals surface area contributed by atoms with Crippen LogP contribution in [0.5, 0.6) is 0 Å². The van der Waals surface area contributed by atoms with E-state index in [9.17, 15) is 0 Å². The maximum atomic E-state index is 2.45. The number of benzene rings is 4. The van der Waals surface area contributed by atoms with E-state index in [1.807, 2.05) is 0 Å². The molecule has 4 aromatic carbocycles. The highest BCUT2D eigenvalue weighted by molar-refractivity contribution is 6.02. The maximum Gasteiger partial charge on any atom is -0.000717 e. The Morgan fingerprint density at radius 1 is 0.467 bits per heavy atom. The van der Waals surface area contributed by atoms with Crippen molar-refractivity contribution in [2.24, 2.45) is 0 Å². The Labute approximate surface area is 176 Å². The molecule has 0 amide bonds. The summed E-state index contributed by atoms with van der Waals surface area (Å²) < 4.78 is 0.